The largest absolute Gasteiger partial charge is 0.487 e. The van der Waals surface area contributed by atoms with E-state index in [1.807, 2.05) is 81.6 Å². The Morgan fingerprint density at radius 3 is 2.61 bits per heavy atom. The van der Waals surface area contributed by atoms with Crippen LogP contribution in [-0.2, 0) is 4.79 Å². The van der Waals surface area contributed by atoms with Crippen LogP contribution in [0.25, 0.3) is 6.08 Å². The van der Waals surface area contributed by atoms with Gasteiger partial charge in [0.25, 0.3) is 11.8 Å². The Kier molecular flexibility index (Phi) is 6.38. The van der Waals surface area contributed by atoms with Crippen LogP contribution in [0.3, 0.4) is 0 Å². The molecule has 0 spiro atoms. The summed E-state index contributed by atoms with van der Waals surface area (Å²) in [6.07, 6.45) is 2.34. The zero-order valence-corrected chi connectivity index (χ0v) is 20.1. The Hall–Kier alpha value is -3.38. The van der Waals surface area contributed by atoms with E-state index in [4.69, 9.17) is 4.74 Å². The molecule has 0 fully saturated rings. The summed E-state index contributed by atoms with van der Waals surface area (Å²) in [6.45, 7) is 7.92. The van der Waals surface area contributed by atoms with Crippen molar-refractivity contribution >= 4 is 29.2 Å². The summed E-state index contributed by atoms with van der Waals surface area (Å²) in [4.78, 5) is 27.3. The fraction of sp³-hybridized carbons (Fsp3) is 0.259. The first kappa shape index (κ1) is 22.8. The Labute approximate surface area is 198 Å². The minimum Gasteiger partial charge on any atom is -0.487 e. The van der Waals surface area contributed by atoms with Gasteiger partial charge in [0.15, 0.2) is 0 Å². The molecule has 6 heteroatoms. The van der Waals surface area contributed by atoms with Crippen molar-refractivity contribution in [2.45, 2.75) is 45.8 Å². The molecule has 0 saturated heterocycles. The van der Waals surface area contributed by atoms with E-state index in [-0.39, 0.29) is 23.6 Å². The van der Waals surface area contributed by atoms with Crippen LogP contribution < -0.4 is 15.4 Å². The molecule has 1 aromatic heterocycles. The molecule has 2 aromatic carbocycles. The lowest BCUT2D eigenvalue weighted by Crippen LogP contribution is -2.43. The topological polar surface area (TPSA) is 67.4 Å². The number of carbonyl (C=O) groups excluding carboxylic acids is 2. The van der Waals surface area contributed by atoms with Gasteiger partial charge in [0, 0.05) is 22.4 Å². The number of carbonyl (C=O) groups is 2. The van der Waals surface area contributed by atoms with Crippen molar-refractivity contribution in [1.29, 1.82) is 0 Å². The van der Waals surface area contributed by atoms with Gasteiger partial charge in [-0.3, -0.25) is 9.59 Å². The molecule has 1 atom stereocenters. The summed E-state index contributed by atoms with van der Waals surface area (Å²) in [5.41, 5.74) is 3.21. The van der Waals surface area contributed by atoms with E-state index in [0.717, 1.165) is 27.3 Å². The Balaban J connectivity index is 1.63. The summed E-state index contributed by atoms with van der Waals surface area (Å²) in [6, 6.07) is 16.9. The number of amides is 2. The third kappa shape index (κ3) is 5.34. The molecule has 0 aliphatic carbocycles. The lowest BCUT2D eigenvalue weighted by Gasteiger charge is -2.38. The highest BCUT2D eigenvalue weighted by Gasteiger charge is 2.35. The highest BCUT2D eigenvalue weighted by atomic mass is 32.1. The number of rotatable bonds is 5. The molecule has 2 heterocycles. The van der Waals surface area contributed by atoms with E-state index < -0.39 is 5.60 Å². The first-order valence-electron chi connectivity index (χ1n) is 10.9. The van der Waals surface area contributed by atoms with Crippen molar-refractivity contribution in [2.24, 2.45) is 0 Å². The number of hydrogen-bond donors (Lipinski definition) is 2. The van der Waals surface area contributed by atoms with E-state index >= 15 is 0 Å². The predicted octanol–water partition coefficient (Wildman–Crippen LogP) is 5.55. The van der Waals surface area contributed by atoms with Crippen molar-refractivity contribution in [3.63, 3.8) is 0 Å². The van der Waals surface area contributed by atoms with Gasteiger partial charge in [-0.15, -0.1) is 11.3 Å². The number of ether oxygens (including phenoxy) is 1. The first-order valence-corrected chi connectivity index (χ1v) is 11.8. The lowest BCUT2D eigenvalue weighted by molar-refractivity contribution is -0.119. The molecule has 0 unspecified atom stereocenters. The normalized spacial score (nSPS) is 17.0. The van der Waals surface area contributed by atoms with Gasteiger partial charge >= 0.3 is 0 Å². The summed E-state index contributed by atoms with van der Waals surface area (Å²) in [5.74, 6) is 0.130. The van der Waals surface area contributed by atoms with Crippen LogP contribution in [0.1, 0.15) is 58.2 Å². The van der Waals surface area contributed by atoms with E-state index in [0.29, 0.717) is 12.0 Å². The maximum atomic E-state index is 13.5. The number of aryl methyl sites for hydroxylation is 2. The molecule has 0 bridgehead atoms. The number of benzene rings is 2. The Morgan fingerprint density at radius 2 is 1.88 bits per heavy atom. The van der Waals surface area contributed by atoms with Gasteiger partial charge in [-0.2, -0.15) is 0 Å². The Morgan fingerprint density at radius 1 is 1.09 bits per heavy atom. The molecule has 3 aromatic rings. The molecule has 33 heavy (non-hydrogen) atoms. The van der Waals surface area contributed by atoms with Gasteiger partial charge in [0.1, 0.15) is 17.0 Å². The summed E-state index contributed by atoms with van der Waals surface area (Å²) in [7, 11) is 0. The van der Waals surface area contributed by atoms with Gasteiger partial charge in [0.05, 0.1) is 6.04 Å². The van der Waals surface area contributed by atoms with E-state index in [1.54, 1.807) is 12.1 Å². The van der Waals surface area contributed by atoms with Crippen molar-refractivity contribution in [2.75, 3.05) is 0 Å². The standard InChI is InChI=1S/C27H28N2O3S/c1-17-11-12-24-21(14-17)23(16-27(3,4)32-24)29-26(31)22(15-19-9-7-13-33-19)28-25(30)20-10-6-5-8-18(20)2/h5-15,23H,16H2,1-4H3,(H,28,30)(H,29,31)/b22-15-/t23-/m1/s1. The van der Waals surface area contributed by atoms with Gasteiger partial charge in [-0.25, -0.2) is 0 Å². The van der Waals surface area contributed by atoms with Crippen LogP contribution in [0.4, 0.5) is 0 Å². The quantitative estimate of drug-likeness (QED) is 0.490. The van der Waals surface area contributed by atoms with Gasteiger partial charge in [-0.05, 0) is 62.9 Å². The molecular formula is C27H28N2O3S. The monoisotopic (exact) mass is 460 g/mol. The van der Waals surface area contributed by atoms with Crippen molar-refractivity contribution in [3.8, 4) is 5.75 Å². The SMILES string of the molecule is Cc1ccc2c(c1)[C@H](NC(=O)/C(=C/c1cccs1)NC(=O)c1ccccc1C)CC(C)(C)O2. The first-order chi connectivity index (χ1) is 15.7. The molecule has 2 amide bonds. The third-order valence-corrected chi connectivity index (χ3v) is 6.46. The molecule has 0 saturated carbocycles. The summed E-state index contributed by atoms with van der Waals surface area (Å²) < 4.78 is 6.13. The van der Waals surface area contributed by atoms with Crippen LogP contribution in [0, 0.1) is 13.8 Å². The van der Waals surface area contributed by atoms with Gasteiger partial charge < -0.3 is 15.4 Å². The second kappa shape index (κ2) is 9.24. The van der Waals surface area contributed by atoms with Crippen molar-refractivity contribution in [1.82, 2.24) is 10.6 Å². The lowest BCUT2D eigenvalue weighted by atomic mass is 9.89. The maximum Gasteiger partial charge on any atom is 0.268 e. The fourth-order valence-electron chi connectivity index (χ4n) is 4.03. The minimum absolute atomic E-state index is 0.212. The summed E-state index contributed by atoms with van der Waals surface area (Å²) >= 11 is 1.50. The van der Waals surface area contributed by atoms with Crippen molar-refractivity contribution in [3.05, 3.63) is 92.8 Å². The van der Waals surface area contributed by atoms with Crippen molar-refractivity contribution < 1.29 is 14.3 Å². The molecule has 170 valence electrons. The molecule has 0 radical (unpaired) electrons. The fourth-order valence-corrected chi connectivity index (χ4v) is 4.69. The molecule has 1 aliphatic rings. The predicted molar refractivity (Wildman–Crippen MR) is 132 cm³/mol. The van der Waals surface area contributed by atoms with Crippen LogP contribution in [0.2, 0.25) is 0 Å². The Bertz CT molecular complexity index is 1210. The number of thiophene rings is 1. The third-order valence-electron chi connectivity index (χ3n) is 5.64. The average Bonchev–Trinajstić information content (AvgIpc) is 3.26. The molecule has 4 rings (SSSR count). The van der Waals surface area contributed by atoms with Crippen LogP contribution in [-0.4, -0.2) is 17.4 Å². The van der Waals surface area contributed by atoms with Gasteiger partial charge in [0.2, 0.25) is 0 Å². The number of hydrogen-bond acceptors (Lipinski definition) is 4. The van der Waals surface area contributed by atoms with Crippen LogP contribution in [0.15, 0.2) is 65.7 Å². The molecule has 5 nitrogen and oxygen atoms in total. The second-order valence-corrected chi connectivity index (χ2v) is 9.95. The zero-order valence-electron chi connectivity index (χ0n) is 19.3. The zero-order chi connectivity index (χ0) is 23.6. The highest BCUT2D eigenvalue weighted by molar-refractivity contribution is 7.10. The molecule has 1 aliphatic heterocycles. The van der Waals surface area contributed by atoms with Gasteiger partial charge in [-0.1, -0.05) is 42.0 Å². The second-order valence-electron chi connectivity index (χ2n) is 8.98. The highest BCUT2D eigenvalue weighted by Crippen LogP contribution is 2.40. The van der Waals surface area contributed by atoms with E-state index in [1.165, 1.54) is 11.3 Å². The number of fused-ring (bicyclic) bond motifs is 1. The molecule has 2 N–H and O–H groups in total. The van der Waals surface area contributed by atoms with Crippen LogP contribution >= 0.6 is 11.3 Å². The molecular weight excluding hydrogens is 432 g/mol. The van der Waals surface area contributed by atoms with Crippen LogP contribution in [0.5, 0.6) is 5.75 Å². The number of nitrogens with one attached hydrogen (secondary N) is 2. The van der Waals surface area contributed by atoms with E-state index in [2.05, 4.69) is 10.6 Å². The van der Waals surface area contributed by atoms with E-state index in [9.17, 15) is 9.59 Å². The average molecular weight is 461 g/mol. The maximum absolute atomic E-state index is 13.5. The minimum atomic E-state index is -0.428. The summed E-state index contributed by atoms with van der Waals surface area (Å²) in [5, 5.41) is 7.92. The smallest absolute Gasteiger partial charge is 0.268 e.